The monoisotopic (exact) mass is 460 g/mol. The Labute approximate surface area is 199 Å². The zero-order chi connectivity index (χ0) is 23.8. The van der Waals surface area contributed by atoms with E-state index in [4.69, 9.17) is 0 Å². The van der Waals surface area contributed by atoms with Crippen molar-refractivity contribution in [2.24, 2.45) is 11.8 Å². The fourth-order valence-corrected chi connectivity index (χ4v) is 4.60. The smallest absolute Gasteiger partial charge is 0.251 e. The predicted molar refractivity (Wildman–Crippen MR) is 132 cm³/mol. The zero-order valence-corrected chi connectivity index (χ0v) is 19.3. The summed E-state index contributed by atoms with van der Waals surface area (Å²) in [6.45, 7) is 1.17. The second-order valence-corrected chi connectivity index (χ2v) is 8.97. The summed E-state index contributed by atoms with van der Waals surface area (Å²) in [6, 6.07) is 17.0. The molecule has 0 bridgehead atoms. The first-order valence-corrected chi connectivity index (χ1v) is 12.0. The number of aromatic amines is 1. The SMILES string of the molecule is O=C(CNC(=O)c1ccccc1)NCC1CCC(C(=O)NCCc2c[nH]c3ccccc23)CC1. The molecule has 0 unspecified atom stereocenters. The third-order valence-corrected chi connectivity index (χ3v) is 6.62. The van der Waals surface area contributed by atoms with Gasteiger partial charge in [-0.3, -0.25) is 14.4 Å². The fraction of sp³-hybridized carbons (Fsp3) is 0.370. The average Bonchev–Trinajstić information content (AvgIpc) is 3.30. The van der Waals surface area contributed by atoms with Gasteiger partial charge in [0.1, 0.15) is 0 Å². The van der Waals surface area contributed by atoms with E-state index in [0.29, 0.717) is 24.6 Å². The van der Waals surface area contributed by atoms with Crippen molar-refractivity contribution in [3.63, 3.8) is 0 Å². The minimum absolute atomic E-state index is 0.0398. The maximum atomic E-state index is 12.6. The number of amides is 3. The Hall–Kier alpha value is -3.61. The number of fused-ring (bicyclic) bond motifs is 1. The first kappa shape index (κ1) is 23.5. The van der Waals surface area contributed by atoms with Crippen molar-refractivity contribution < 1.29 is 14.4 Å². The number of rotatable bonds is 9. The minimum Gasteiger partial charge on any atom is -0.361 e. The summed E-state index contributed by atoms with van der Waals surface area (Å²) >= 11 is 0. The van der Waals surface area contributed by atoms with Crippen LogP contribution in [-0.2, 0) is 16.0 Å². The molecule has 0 saturated heterocycles. The van der Waals surface area contributed by atoms with E-state index in [-0.39, 0.29) is 30.2 Å². The van der Waals surface area contributed by atoms with Gasteiger partial charge in [-0.1, -0.05) is 36.4 Å². The first-order chi connectivity index (χ1) is 16.6. The number of benzene rings is 2. The highest BCUT2D eigenvalue weighted by molar-refractivity contribution is 5.96. The molecule has 4 rings (SSSR count). The quantitative estimate of drug-likeness (QED) is 0.394. The molecular formula is C27H32N4O3. The predicted octanol–water partition coefficient (Wildman–Crippen LogP) is 3.18. The number of H-pyrrole nitrogens is 1. The van der Waals surface area contributed by atoms with Gasteiger partial charge in [0.25, 0.3) is 5.91 Å². The van der Waals surface area contributed by atoms with Crippen molar-refractivity contribution in [2.75, 3.05) is 19.6 Å². The molecule has 3 amide bonds. The van der Waals surface area contributed by atoms with E-state index < -0.39 is 0 Å². The molecule has 1 saturated carbocycles. The second kappa shape index (κ2) is 11.5. The van der Waals surface area contributed by atoms with Gasteiger partial charge in [0.2, 0.25) is 11.8 Å². The fourth-order valence-electron chi connectivity index (χ4n) is 4.60. The van der Waals surface area contributed by atoms with E-state index in [0.717, 1.165) is 37.6 Å². The number of hydrogen-bond donors (Lipinski definition) is 4. The van der Waals surface area contributed by atoms with Gasteiger partial charge in [-0.15, -0.1) is 0 Å². The summed E-state index contributed by atoms with van der Waals surface area (Å²) in [5, 5.41) is 9.86. The first-order valence-electron chi connectivity index (χ1n) is 12.0. The highest BCUT2D eigenvalue weighted by Crippen LogP contribution is 2.28. The number of aromatic nitrogens is 1. The van der Waals surface area contributed by atoms with Crippen LogP contribution in [0.4, 0.5) is 0 Å². The highest BCUT2D eigenvalue weighted by atomic mass is 16.2. The molecule has 4 N–H and O–H groups in total. The van der Waals surface area contributed by atoms with Gasteiger partial charge in [0.05, 0.1) is 6.54 Å². The third kappa shape index (κ3) is 6.25. The molecule has 0 aliphatic heterocycles. The van der Waals surface area contributed by atoms with E-state index in [1.54, 1.807) is 24.3 Å². The van der Waals surface area contributed by atoms with E-state index in [1.807, 2.05) is 24.4 Å². The van der Waals surface area contributed by atoms with Gasteiger partial charge < -0.3 is 20.9 Å². The van der Waals surface area contributed by atoms with Crippen LogP contribution >= 0.6 is 0 Å². The lowest BCUT2D eigenvalue weighted by molar-refractivity contribution is -0.126. The van der Waals surface area contributed by atoms with Crippen molar-refractivity contribution in [3.8, 4) is 0 Å². The molecule has 7 nitrogen and oxygen atoms in total. The zero-order valence-electron chi connectivity index (χ0n) is 19.3. The number of carbonyl (C=O) groups excluding carboxylic acids is 3. The van der Waals surface area contributed by atoms with Crippen LogP contribution in [0.3, 0.4) is 0 Å². The normalized spacial score (nSPS) is 17.8. The molecule has 0 spiro atoms. The Morgan fingerprint density at radius 2 is 1.59 bits per heavy atom. The van der Waals surface area contributed by atoms with E-state index in [2.05, 4.69) is 33.1 Å². The number of para-hydroxylation sites is 1. The van der Waals surface area contributed by atoms with Crippen LogP contribution < -0.4 is 16.0 Å². The van der Waals surface area contributed by atoms with Crippen molar-refractivity contribution in [1.29, 1.82) is 0 Å². The van der Waals surface area contributed by atoms with E-state index in [1.165, 1.54) is 10.9 Å². The average molecular weight is 461 g/mol. The van der Waals surface area contributed by atoms with Gasteiger partial charge in [0.15, 0.2) is 0 Å². The van der Waals surface area contributed by atoms with Crippen molar-refractivity contribution in [3.05, 3.63) is 71.9 Å². The van der Waals surface area contributed by atoms with Gasteiger partial charge in [-0.05, 0) is 61.8 Å². The lowest BCUT2D eigenvalue weighted by atomic mass is 9.81. The maximum absolute atomic E-state index is 12.6. The van der Waals surface area contributed by atoms with Crippen LogP contribution in [-0.4, -0.2) is 42.3 Å². The molecule has 178 valence electrons. The number of nitrogens with one attached hydrogen (secondary N) is 4. The Bertz CT molecular complexity index is 1120. The van der Waals surface area contributed by atoms with E-state index in [9.17, 15) is 14.4 Å². The Balaban J connectivity index is 1.10. The summed E-state index contributed by atoms with van der Waals surface area (Å²) in [7, 11) is 0. The molecule has 3 aromatic rings. The largest absolute Gasteiger partial charge is 0.361 e. The molecule has 0 atom stereocenters. The van der Waals surface area contributed by atoms with Gasteiger partial charge >= 0.3 is 0 Å². The van der Waals surface area contributed by atoms with Crippen LogP contribution in [0.2, 0.25) is 0 Å². The summed E-state index contributed by atoms with van der Waals surface area (Å²) in [6.07, 6.45) is 6.32. The number of carbonyl (C=O) groups is 3. The summed E-state index contributed by atoms with van der Waals surface area (Å²) in [5.41, 5.74) is 2.87. The molecule has 34 heavy (non-hydrogen) atoms. The molecule has 1 fully saturated rings. The number of hydrogen-bond acceptors (Lipinski definition) is 3. The van der Waals surface area contributed by atoms with Crippen LogP contribution in [0.5, 0.6) is 0 Å². The van der Waals surface area contributed by atoms with Gasteiger partial charge in [0, 0.05) is 41.7 Å². The maximum Gasteiger partial charge on any atom is 0.251 e. The highest BCUT2D eigenvalue weighted by Gasteiger charge is 2.26. The molecule has 2 aromatic carbocycles. The standard InChI is InChI=1S/C27H32N4O3/c32-25(18-31-27(34)20-6-2-1-3-7-20)30-16-19-10-12-21(13-11-19)26(33)28-15-14-22-17-29-24-9-5-4-8-23(22)24/h1-9,17,19,21,29H,10-16,18H2,(H,28,33)(H,30,32)(H,31,34). The van der Waals surface area contributed by atoms with Crippen LogP contribution in [0.25, 0.3) is 10.9 Å². The van der Waals surface area contributed by atoms with Crippen LogP contribution in [0, 0.1) is 11.8 Å². The molecule has 1 aromatic heterocycles. The lowest BCUT2D eigenvalue weighted by Crippen LogP contribution is -2.40. The summed E-state index contributed by atoms with van der Waals surface area (Å²) < 4.78 is 0. The second-order valence-electron chi connectivity index (χ2n) is 8.97. The summed E-state index contributed by atoms with van der Waals surface area (Å²) in [5.74, 6) is 0.0865. The third-order valence-electron chi connectivity index (χ3n) is 6.62. The Morgan fingerprint density at radius 1 is 0.853 bits per heavy atom. The molecule has 1 aliphatic rings. The Kier molecular flexibility index (Phi) is 7.96. The van der Waals surface area contributed by atoms with Crippen LogP contribution in [0.15, 0.2) is 60.8 Å². The minimum atomic E-state index is -0.257. The molecule has 1 heterocycles. The lowest BCUT2D eigenvalue weighted by Gasteiger charge is -2.28. The molecule has 0 radical (unpaired) electrons. The van der Waals surface area contributed by atoms with Crippen LogP contribution in [0.1, 0.15) is 41.6 Å². The van der Waals surface area contributed by atoms with E-state index >= 15 is 0 Å². The molecular weight excluding hydrogens is 428 g/mol. The van der Waals surface area contributed by atoms with Crippen molar-refractivity contribution in [2.45, 2.75) is 32.1 Å². The summed E-state index contributed by atoms with van der Waals surface area (Å²) in [4.78, 5) is 40.0. The van der Waals surface area contributed by atoms with Crippen molar-refractivity contribution in [1.82, 2.24) is 20.9 Å². The topological polar surface area (TPSA) is 103 Å². The molecule has 1 aliphatic carbocycles. The van der Waals surface area contributed by atoms with Gasteiger partial charge in [-0.25, -0.2) is 0 Å². The van der Waals surface area contributed by atoms with Gasteiger partial charge in [-0.2, -0.15) is 0 Å². The Morgan fingerprint density at radius 3 is 2.38 bits per heavy atom. The molecule has 7 heteroatoms. The van der Waals surface area contributed by atoms with Crippen molar-refractivity contribution >= 4 is 28.6 Å².